The summed E-state index contributed by atoms with van der Waals surface area (Å²) < 4.78 is 2.09. The minimum Gasteiger partial charge on any atom is -0.370 e. The molecule has 1 saturated heterocycles. The van der Waals surface area contributed by atoms with Gasteiger partial charge >= 0.3 is 0 Å². The molecule has 1 aliphatic rings. The Kier molecular flexibility index (Phi) is 2.82. The first-order chi connectivity index (χ1) is 8.45. The van der Waals surface area contributed by atoms with Gasteiger partial charge in [0.2, 0.25) is 0 Å². The SMILES string of the molecule is c1ccc(-n2ccnc2)c(N2CCCCC2)c1. The zero-order valence-electron chi connectivity index (χ0n) is 9.92. The largest absolute Gasteiger partial charge is 0.370 e. The number of hydrogen-bond donors (Lipinski definition) is 0. The number of para-hydroxylation sites is 2. The van der Waals surface area contributed by atoms with Crippen molar-refractivity contribution in [2.45, 2.75) is 19.3 Å². The fourth-order valence-corrected chi connectivity index (χ4v) is 2.49. The highest BCUT2D eigenvalue weighted by molar-refractivity contribution is 5.62. The first-order valence-corrected chi connectivity index (χ1v) is 6.27. The van der Waals surface area contributed by atoms with Gasteiger partial charge in [0.05, 0.1) is 17.7 Å². The summed E-state index contributed by atoms with van der Waals surface area (Å²) in [6, 6.07) is 8.57. The minimum absolute atomic E-state index is 1.17. The molecule has 1 fully saturated rings. The van der Waals surface area contributed by atoms with Crippen LogP contribution < -0.4 is 4.90 Å². The number of nitrogens with zero attached hydrogens (tertiary/aromatic N) is 3. The molecule has 88 valence electrons. The third-order valence-electron chi connectivity index (χ3n) is 3.36. The molecule has 0 N–H and O–H groups in total. The molecule has 0 saturated carbocycles. The quantitative estimate of drug-likeness (QED) is 0.786. The van der Waals surface area contributed by atoms with E-state index in [2.05, 4.69) is 38.7 Å². The van der Waals surface area contributed by atoms with Gasteiger partial charge in [-0.05, 0) is 31.4 Å². The minimum atomic E-state index is 1.17. The van der Waals surface area contributed by atoms with E-state index >= 15 is 0 Å². The van der Waals surface area contributed by atoms with Crippen LogP contribution in [0.3, 0.4) is 0 Å². The van der Waals surface area contributed by atoms with Gasteiger partial charge in [-0.1, -0.05) is 12.1 Å². The normalized spacial score (nSPS) is 16.1. The Labute approximate surface area is 102 Å². The molecule has 1 aromatic carbocycles. The molecule has 0 amide bonds. The van der Waals surface area contributed by atoms with Crippen LogP contribution in [0.1, 0.15) is 19.3 Å². The highest BCUT2D eigenvalue weighted by atomic mass is 15.2. The number of benzene rings is 1. The summed E-state index contributed by atoms with van der Waals surface area (Å²) >= 11 is 0. The van der Waals surface area contributed by atoms with Gasteiger partial charge in [0.1, 0.15) is 0 Å². The third-order valence-corrected chi connectivity index (χ3v) is 3.36. The fraction of sp³-hybridized carbons (Fsp3) is 0.357. The predicted octanol–water partition coefficient (Wildman–Crippen LogP) is 2.86. The van der Waals surface area contributed by atoms with Crippen LogP contribution in [0, 0.1) is 0 Å². The van der Waals surface area contributed by atoms with Crippen LogP contribution in [-0.4, -0.2) is 22.6 Å². The maximum absolute atomic E-state index is 4.13. The molecule has 1 aliphatic heterocycles. The van der Waals surface area contributed by atoms with E-state index in [-0.39, 0.29) is 0 Å². The van der Waals surface area contributed by atoms with Crippen LogP contribution in [0.5, 0.6) is 0 Å². The number of hydrogen-bond acceptors (Lipinski definition) is 2. The second-order valence-corrected chi connectivity index (χ2v) is 4.51. The van der Waals surface area contributed by atoms with Crippen LogP contribution in [0.15, 0.2) is 43.0 Å². The van der Waals surface area contributed by atoms with E-state index in [0.29, 0.717) is 0 Å². The molecule has 2 aromatic rings. The smallest absolute Gasteiger partial charge is 0.0992 e. The van der Waals surface area contributed by atoms with E-state index in [1.807, 2.05) is 18.7 Å². The molecular formula is C14H17N3. The summed E-state index contributed by atoms with van der Waals surface area (Å²) in [7, 11) is 0. The summed E-state index contributed by atoms with van der Waals surface area (Å²) in [5, 5.41) is 0. The Balaban J connectivity index is 1.98. The van der Waals surface area contributed by atoms with Crippen LogP contribution in [0.2, 0.25) is 0 Å². The Morgan fingerprint density at radius 2 is 1.71 bits per heavy atom. The van der Waals surface area contributed by atoms with Gasteiger partial charge in [0.15, 0.2) is 0 Å². The van der Waals surface area contributed by atoms with Gasteiger partial charge in [0, 0.05) is 25.5 Å². The highest BCUT2D eigenvalue weighted by Crippen LogP contribution is 2.26. The average Bonchev–Trinajstić information content (AvgIpc) is 2.94. The van der Waals surface area contributed by atoms with Gasteiger partial charge in [-0.25, -0.2) is 4.98 Å². The lowest BCUT2D eigenvalue weighted by Crippen LogP contribution is -2.30. The molecule has 0 unspecified atom stereocenters. The zero-order valence-corrected chi connectivity index (χ0v) is 9.92. The Morgan fingerprint density at radius 1 is 0.941 bits per heavy atom. The first kappa shape index (κ1) is 10.4. The summed E-state index contributed by atoms with van der Waals surface area (Å²) in [4.78, 5) is 6.61. The number of imidazole rings is 1. The molecule has 0 aliphatic carbocycles. The number of rotatable bonds is 2. The van der Waals surface area contributed by atoms with E-state index in [1.54, 1.807) is 0 Å². The molecule has 17 heavy (non-hydrogen) atoms. The topological polar surface area (TPSA) is 21.1 Å². The highest BCUT2D eigenvalue weighted by Gasteiger charge is 2.14. The van der Waals surface area contributed by atoms with Gasteiger partial charge < -0.3 is 9.47 Å². The van der Waals surface area contributed by atoms with Crippen molar-refractivity contribution in [3.8, 4) is 5.69 Å². The molecule has 1 aromatic heterocycles. The van der Waals surface area contributed by atoms with E-state index in [1.165, 1.54) is 43.7 Å². The molecular weight excluding hydrogens is 210 g/mol. The van der Waals surface area contributed by atoms with Crippen molar-refractivity contribution in [2.75, 3.05) is 18.0 Å². The number of aromatic nitrogens is 2. The van der Waals surface area contributed by atoms with Crippen molar-refractivity contribution in [3.05, 3.63) is 43.0 Å². The van der Waals surface area contributed by atoms with Crippen molar-refractivity contribution in [2.24, 2.45) is 0 Å². The van der Waals surface area contributed by atoms with Crippen molar-refractivity contribution in [1.29, 1.82) is 0 Å². The maximum Gasteiger partial charge on any atom is 0.0992 e. The molecule has 0 bridgehead atoms. The van der Waals surface area contributed by atoms with Crippen molar-refractivity contribution in [3.63, 3.8) is 0 Å². The predicted molar refractivity (Wildman–Crippen MR) is 69.6 cm³/mol. The molecule has 3 heteroatoms. The van der Waals surface area contributed by atoms with Crippen LogP contribution >= 0.6 is 0 Å². The average molecular weight is 227 g/mol. The van der Waals surface area contributed by atoms with Crippen LogP contribution in [-0.2, 0) is 0 Å². The molecule has 3 rings (SSSR count). The van der Waals surface area contributed by atoms with Gasteiger partial charge in [0.25, 0.3) is 0 Å². The molecule has 3 nitrogen and oxygen atoms in total. The summed E-state index contributed by atoms with van der Waals surface area (Å²) in [6.45, 7) is 2.34. The lowest BCUT2D eigenvalue weighted by atomic mass is 10.1. The molecule has 0 atom stereocenters. The Hall–Kier alpha value is -1.77. The van der Waals surface area contributed by atoms with Crippen molar-refractivity contribution in [1.82, 2.24) is 9.55 Å². The van der Waals surface area contributed by atoms with Gasteiger partial charge in [-0.15, -0.1) is 0 Å². The zero-order chi connectivity index (χ0) is 11.5. The summed E-state index contributed by atoms with van der Waals surface area (Å²) in [5.41, 5.74) is 2.55. The van der Waals surface area contributed by atoms with Crippen molar-refractivity contribution < 1.29 is 0 Å². The Bertz CT molecular complexity index is 470. The Morgan fingerprint density at radius 3 is 2.41 bits per heavy atom. The second-order valence-electron chi connectivity index (χ2n) is 4.51. The third kappa shape index (κ3) is 2.05. The van der Waals surface area contributed by atoms with E-state index in [0.717, 1.165) is 0 Å². The molecule has 2 heterocycles. The van der Waals surface area contributed by atoms with E-state index < -0.39 is 0 Å². The monoisotopic (exact) mass is 227 g/mol. The first-order valence-electron chi connectivity index (χ1n) is 6.27. The lowest BCUT2D eigenvalue weighted by Gasteiger charge is -2.30. The van der Waals surface area contributed by atoms with Gasteiger partial charge in [-0.3, -0.25) is 0 Å². The molecule has 0 spiro atoms. The van der Waals surface area contributed by atoms with Gasteiger partial charge in [-0.2, -0.15) is 0 Å². The summed E-state index contributed by atoms with van der Waals surface area (Å²) in [5.74, 6) is 0. The maximum atomic E-state index is 4.13. The van der Waals surface area contributed by atoms with E-state index in [9.17, 15) is 0 Å². The van der Waals surface area contributed by atoms with Crippen LogP contribution in [0.25, 0.3) is 5.69 Å². The molecule has 0 radical (unpaired) electrons. The number of anilines is 1. The second kappa shape index (κ2) is 4.62. The standard InChI is InChI=1S/C14H17N3/c1-4-9-16(10-5-1)13-6-2-3-7-14(13)17-11-8-15-12-17/h2-3,6-8,11-12H,1,4-5,9-10H2. The summed E-state index contributed by atoms with van der Waals surface area (Å²) in [6.07, 6.45) is 9.67. The number of piperidine rings is 1. The lowest BCUT2D eigenvalue weighted by molar-refractivity contribution is 0.577. The van der Waals surface area contributed by atoms with E-state index in [4.69, 9.17) is 0 Å². The van der Waals surface area contributed by atoms with Crippen molar-refractivity contribution >= 4 is 5.69 Å². The fourth-order valence-electron chi connectivity index (χ4n) is 2.49. The van der Waals surface area contributed by atoms with Crippen LogP contribution in [0.4, 0.5) is 5.69 Å².